The van der Waals surface area contributed by atoms with E-state index in [2.05, 4.69) is 50.2 Å². The molecule has 4 nitrogen and oxygen atoms in total. The van der Waals surface area contributed by atoms with E-state index in [1.165, 1.54) is 6.07 Å². The van der Waals surface area contributed by atoms with Crippen molar-refractivity contribution in [3.63, 3.8) is 0 Å². The molecule has 1 aromatic rings. The quantitative estimate of drug-likeness (QED) is 0.645. The van der Waals surface area contributed by atoms with Crippen LogP contribution in [0.3, 0.4) is 0 Å². The van der Waals surface area contributed by atoms with E-state index in [1.807, 2.05) is 6.07 Å². The molecular weight excluding hydrogens is 377 g/mol. The molecule has 1 spiro atoms. The van der Waals surface area contributed by atoms with E-state index < -0.39 is 5.41 Å². The van der Waals surface area contributed by atoms with Gasteiger partial charge in [0, 0.05) is 23.3 Å². The van der Waals surface area contributed by atoms with Crippen LogP contribution in [0, 0.1) is 16.6 Å². The van der Waals surface area contributed by atoms with Crippen LogP contribution in [0.2, 0.25) is 0 Å². The van der Waals surface area contributed by atoms with Gasteiger partial charge in [0.1, 0.15) is 5.82 Å². The number of hydrogen-bond donors (Lipinski definition) is 1. The first-order chi connectivity index (χ1) is 14.0. The van der Waals surface area contributed by atoms with E-state index in [9.17, 15) is 9.18 Å². The van der Waals surface area contributed by atoms with Crippen LogP contribution < -0.4 is 5.32 Å². The van der Waals surface area contributed by atoms with E-state index in [1.54, 1.807) is 6.07 Å². The smallest absolute Gasteiger partial charge is 0.165 e. The van der Waals surface area contributed by atoms with Crippen LogP contribution in [0.1, 0.15) is 71.4 Å². The van der Waals surface area contributed by atoms with E-state index in [0.29, 0.717) is 19.3 Å². The van der Waals surface area contributed by atoms with E-state index >= 15 is 0 Å². The number of hydrogen-bond acceptors (Lipinski definition) is 4. The van der Waals surface area contributed by atoms with Crippen molar-refractivity contribution in [1.82, 2.24) is 5.32 Å². The van der Waals surface area contributed by atoms with Crippen LogP contribution >= 0.6 is 0 Å². The number of nitrogens with zero attached hydrogens (tertiary/aromatic N) is 2. The third kappa shape index (κ3) is 2.74. The molecule has 5 rings (SSSR count). The predicted octanol–water partition coefficient (Wildman–Crippen LogP) is 5.74. The minimum atomic E-state index is -0.611. The number of carbonyl (C=O) groups is 1. The summed E-state index contributed by atoms with van der Waals surface area (Å²) in [4.78, 5) is 13.6. The average Bonchev–Trinajstić information content (AvgIpc) is 3.16. The van der Waals surface area contributed by atoms with Crippen molar-refractivity contribution in [2.24, 2.45) is 21.1 Å². The first-order valence-electron chi connectivity index (χ1n) is 11.0. The highest BCUT2D eigenvalue weighted by Gasteiger charge is 2.57. The van der Waals surface area contributed by atoms with E-state index in [-0.39, 0.29) is 28.6 Å². The molecule has 2 heterocycles. The fourth-order valence-electron chi connectivity index (χ4n) is 6.05. The van der Waals surface area contributed by atoms with Crippen molar-refractivity contribution in [2.75, 3.05) is 0 Å². The highest BCUT2D eigenvalue weighted by molar-refractivity contribution is 6.02. The Hall–Kier alpha value is -2.30. The van der Waals surface area contributed by atoms with Crippen molar-refractivity contribution >= 4 is 5.78 Å². The first-order valence-corrected chi connectivity index (χ1v) is 11.0. The predicted molar refractivity (Wildman–Crippen MR) is 114 cm³/mol. The van der Waals surface area contributed by atoms with Gasteiger partial charge in [-0.25, -0.2) is 4.39 Å². The molecule has 0 saturated heterocycles. The van der Waals surface area contributed by atoms with Gasteiger partial charge >= 0.3 is 0 Å². The van der Waals surface area contributed by atoms with Crippen molar-refractivity contribution in [2.45, 2.75) is 78.3 Å². The number of benzene rings is 1. The SMILES string of the molecule is CC(C)(C)CC1=C2C(N=N1)NC1=C(C(=O)CC(C)(C)C1)[C@]21CCc2c(F)cccc21. The number of ketones is 1. The van der Waals surface area contributed by atoms with Crippen LogP contribution in [0.4, 0.5) is 4.39 Å². The van der Waals surface area contributed by atoms with Gasteiger partial charge < -0.3 is 5.32 Å². The molecule has 0 fully saturated rings. The maximum absolute atomic E-state index is 14.8. The molecule has 1 unspecified atom stereocenters. The zero-order valence-electron chi connectivity index (χ0n) is 18.5. The second-order valence-corrected chi connectivity index (χ2v) is 11.3. The van der Waals surface area contributed by atoms with Crippen molar-refractivity contribution in [1.29, 1.82) is 0 Å². The topological polar surface area (TPSA) is 53.8 Å². The zero-order valence-corrected chi connectivity index (χ0v) is 18.5. The van der Waals surface area contributed by atoms with Gasteiger partial charge in [-0.05, 0) is 53.7 Å². The fraction of sp³-hybridized carbons (Fsp3) is 0.560. The summed E-state index contributed by atoms with van der Waals surface area (Å²) >= 11 is 0. The molecule has 158 valence electrons. The summed E-state index contributed by atoms with van der Waals surface area (Å²) in [6, 6.07) is 5.33. The molecule has 0 radical (unpaired) electrons. The number of halogens is 1. The van der Waals surface area contributed by atoms with Gasteiger partial charge in [0.25, 0.3) is 0 Å². The Labute approximate surface area is 177 Å². The molecule has 0 saturated carbocycles. The number of fused-ring (bicyclic) bond motifs is 5. The minimum Gasteiger partial charge on any atom is -0.362 e. The Morgan fingerprint density at radius 3 is 2.73 bits per heavy atom. The Morgan fingerprint density at radius 2 is 2.00 bits per heavy atom. The average molecular weight is 408 g/mol. The summed E-state index contributed by atoms with van der Waals surface area (Å²) in [5, 5.41) is 12.8. The maximum Gasteiger partial charge on any atom is 0.165 e. The third-order valence-corrected chi connectivity index (χ3v) is 6.98. The second-order valence-electron chi connectivity index (χ2n) is 11.3. The summed E-state index contributed by atoms with van der Waals surface area (Å²) < 4.78 is 14.8. The molecule has 5 heteroatoms. The lowest BCUT2D eigenvalue weighted by atomic mass is 9.59. The van der Waals surface area contributed by atoms with Gasteiger partial charge in [-0.3, -0.25) is 4.79 Å². The van der Waals surface area contributed by atoms with Crippen molar-refractivity contribution in [3.05, 3.63) is 57.7 Å². The van der Waals surface area contributed by atoms with Crippen LogP contribution in [0.5, 0.6) is 0 Å². The summed E-state index contributed by atoms with van der Waals surface area (Å²) in [5.74, 6) is 0.00821. The van der Waals surface area contributed by atoms with Gasteiger partial charge in [0.2, 0.25) is 0 Å². The van der Waals surface area contributed by atoms with Gasteiger partial charge in [0.15, 0.2) is 11.9 Å². The van der Waals surface area contributed by atoms with Crippen molar-refractivity contribution in [3.8, 4) is 0 Å². The Kier molecular flexibility index (Phi) is 4.01. The first kappa shape index (κ1) is 19.7. The maximum atomic E-state index is 14.8. The molecule has 2 aliphatic carbocycles. The highest BCUT2D eigenvalue weighted by Crippen LogP contribution is 2.59. The van der Waals surface area contributed by atoms with Gasteiger partial charge in [-0.1, -0.05) is 46.8 Å². The lowest BCUT2D eigenvalue weighted by molar-refractivity contribution is -0.119. The summed E-state index contributed by atoms with van der Waals surface area (Å²) in [6.07, 6.45) is 3.17. The number of carbonyl (C=O) groups excluding carboxylic acids is 1. The number of Topliss-reactive ketones (excluding diaryl/α,β-unsaturated/α-hetero) is 1. The van der Waals surface area contributed by atoms with Crippen LogP contribution in [0.25, 0.3) is 0 Å². The Balaban J connectivity index is 1.81. The molecule has 2 atom stereocenters. The van der Waals surface area contributed by atoms with Gasteiger partial charge in [0.05, 0.1) is 11.1 Å². The Morgan fingerprint density at radius 1 is 1.23 bits per heavy atom. The number of nitrogens with one attached hydrogen (secondary N) is 1. The minimum absolute atomic E-state index is 0.0357. The van der Waals surface area contributed by atoms with Gasteiger partial charge in [-0.15, -0.1) is 0 Å². The summed E-state index contributed by atoms with van der Waals surface area (Å²) in [7, 11) is 0. The molecule has 1 aromatic carbocycles. The monoisotopic (exact) mass is 407 g/mol. The number of allylic oxidation sites excluding steroid dienone is 3. The summed E-state index contributed by atoms with van der Waals surface area (Å²) in [6.45, 7) is 10.8. The van der Waals surface area contributed by atoms with Crippen molar-refractivity contribution < 1.29 is 9.18 Å². The molecular formula is C25H30FN3O. The molecule has 0 aromatic heterocycles. The lowest BCUT2D eigenvalue weighted by Gasteiger charge is -2.47. The third-order valence-electron chi connectivity index (χ3n) is 6.98. The molecule has 1 N–H and O–H groups in total. The van der Waals surface area contributed by atoms with Gasteiger partial charge in [-0.2, -0.15) is 10.2 Å². The largest absolute Gasteiger partial charge is 0.362 e. The van der Waals surface area contributed by atoms with E-state index in [4.69, 9.17) is 0 Å². The molecule has 0 bridgehead atoms. The highest BCUT2D eigenvalue weighted by atomic mass is 19.1. The standard InChI is InChI=1S/C25H30FN3O/c1-23(2,3)11-18-21-22(29-28-18)27-17-12-24(4,5)13-19(30)20(17)25(21)10-9-14-15(25)7-6-8-16(14)26/h6-8,22,27H,9-13H2,1-5H3/t22?,25-/m1/s1. The normalized spacial score (nSPS) is 29.3. The number of azo groups is 1. The van der Waals surface area contributed by atoms with Crippen LogP contribution in [-0.2, 0) is 16.6 Å². The Bertz CT molecular complexity index is 1060. The number of rotatable bonds is 1. The zero-order chi connectivity index (χ0) is 21.5. The summed E-state index contributed by atoms with van der Waals surface area (Å²) in [5.41, 5.74) is 4.89. The van der Waals surface area contributed by atoms with E-state index in [0.717, 1.165) is 46.5 Å². The molecule has 4 aliphatic rings. The molecule has 30 heavy (non-hydrogen) atoms. The van der Waals surface area contributed by atoms with Crippen LogP contribution in [0.15, 0.2) is 51.0 Å². The lowest BCUT2D eigenvalue weighted by Crippen LogP contribution is -2.51. The fourth-order valence-corrected chi connectivity index (χ4v) is 6.05. The molecule has 0 amide bonds. The second kappa shape index (κ2) is 6.12. The molecule has 2 aliphatic heterocycles. The van der Waals surface area contributed by atoms with Crippen LogP contribution in [-0.4, -0.2) is 11.9 Å².